The molecule has 244 valence electrons. The molecule has 8 nitrogen and oxygen atoms in total. The van der Waals surface area contributed by atoms with Gasteiger partial charge >= 0.3 is 5.97 Å². The maximum Gasteiger partial charge on any atom is 0.306 e. The summed E-state index contributed by atoms with van der Waals surface area (Å²) < 4.78 is 47.8. The van der Waals surface area contributed by atoms with Crippen molar-refractivity contribution < 1.29 is 36.4 Å². The van der Waals surface area contributed by atoms with E-state index in [0.717, 1.165) is 25.0 Å². The first-order chi connectivity index (χ1) is 20.6. The molecule has 1 aromatic carbocycles. The minimum Gasteiger partial charge on any atom is -0.463 e. The number of benzene rings is 1. The van der Waals surface area contributed by atoms with Crippen molar-refractivity contribution in [3.8, 4) is 0 Å². The molecule has 1 fully saturated rings. The summed E-state index contributed by atoms with van der Waals surface area (Å²) in [7, 11) is -3.92. The zero-order valence-electron chi connectivity index (χ0n) is 26.8. The highest BCUT2D eigenvalue weighted by molar-refractivity contribution is 7.86. The van der Waals surface area contributed by atoms with Crippen LogP contribution >= 0.6 is 0 Å². The van der Waals surface area contributed by atoms with Gasteiger partial charge in [0.05, 0.1) is 30.8 Å². The first-order valence-corrected chi connectivity index (χ1v) is 17.5. The maximum absolute atomic E-state index is 13.1. The largest absolute Gasteiger partial charge is 0.463 e. The molecule has 0 aromatic heterocycles. The van der Waals surface area contributed by atoms with Gasteiger partial charge in [0.15, 0.2) is 0 Å². The Kier molecular flexibility index (Phi) is 18.0. The van der Waals surface area contributed by atoms with Crippen LogP contribution in [-0.2, 0) is 38.1 Å². The molecule has 0 radical (unpaired) electrons. The Hall–Kier alpha value is -2.07. The quantitative estimate of drug-likeness (QED) is 0.0557. The van der Waals surface area contributed by atoms with Gasteiger partial charge in [-0.05, 0) is 76.8 Å². The van der Waals surface area contributed by atoms with E-state index in [-0.39, 0.29) is 53.5 Å². The molecule has 0 aliphatic heterocycles. The lowest BCUT2D eigenvalue weighted by molar-refractivity contribution is -0.147. The first kappa shape index (κ1) is 37.1. The lowest BCUT2D eigenvalue weighted by Crippen LogP contribution is -2.23. The van der Waals surface area contributed by atoms with Gasteiger partial charge in [-0.3, -0.25) is 13.8 Å². The van der Waals surface area contributed by atoms with Crippen LogP contribution in [-0.4, -0.2) is 59.3 Å². The SMILES string of the molecule is CCCCCCCOCCOCC[C@H]1C(COS(=O)(=O)c2ccc(C)cc2)CC(=O)C1C/C=C\CCCC(=O)OC(C)C. The topological polar surface area (TPSA) is 105 Å². The van der Waals surface area contributed by atoms with Crippen molar-refractivity contribution in [1.29, 1.82) is 0 Å². The molecule has 0 amide bonds. The van der Waals surface area contributed by atoms with Gasteiger partial charge in [-0.2, -0.15) is 8.42 Å². The van der Waals surface area contributed by atoms with Gasteiger partial charge in [0, 0.05) is 32.0 Å². The van der Waals surface area contributed by atoms with Gasteiger partial charge in [-0.1, -0.05) is 62.5 Å². The van der Waals surface area contributed by atoms with E-state index in [4.69, 9.17) is 18.4 Å². The van der Waals surface area contributed by atoms with Crippen molar-refractivity contribution in [3.05, 3.63) is 42.0 Å². The second kappa shape index (κ2) is 20.8. The smallest absolute Gasteiger partial charge is 0.306 e. The van der Waals surface area contributed by atoms with Gasteiger partial charge in [-0.25, -0.2) is 0 Å². The normalized spacial score (nSPS) is 19.1. The van der Waals surface area contributed by atoms with Crippen molar-refractivity contribution in [3.63, 3.8) is 0 Å². The molecule has 3 atom stereocenters. The molecule has 9 heteroatoms. The Bertz CT molecular complexity index is 1060. The lowest BCUT2D eigenvalue weighted by Gasteiger charge is -2.23. The van der Waals surface area contributed by atoms with Crippen molar-refractivity contribution in [2.24, 2.45) is 17.8 Å². The number of carbonyl (C=O) groups is 2. The van der Waals surface area contributed by atoms with E-state index in [0.29, 0.717) is 45.5 Å². The molecule has 1 aromatic rings. The summed E-state index contributed by atoms with van der Waals surface area (Å²) in [6.07, 6.45) is 13.2. The molecule has 1 saturated carbocycles. The van der Waals surface area contributed by atoms with Crippen LogP contribution in [0.4, 0.5) is 0 Å². The van der Waals surface area contributed by atoms with E-state index in [1.54, 1.807) is 24.3 Å². The number of hydrogen-bond acceptors (Lipinski definition) is 8. The number of esters is 1. The van der Waals surface area contributed by atoms with Crippen LogP contribution in [0.2, 0.25) is 0 Å². The van der Waals surface area contributed by atoms with Crippen molar-refractivity contribution in [2.45, 2.75) is 109 Å². The van der Waals surface area contributed by atoms with E-state index >= 15 is 0 Å². The molecule has 0 N–H and O–H groups in total. The van der Waals surface area contributed by atoms with Crippen LogP contribution in [0.15, 0.2) is 41.3 Å². The van der Waals surface area contributed by atoms with E-state index in [2.05, 4.69) is 6.92 Å². The number of carbonyl (C=O) groups excluding carboxylic acids is 2. The number of rotatable bonds is 23. The Morgan fingerprint density at radius 3 is 2.35 bits per heavy atom. The van der Waals surface area contributed by atoms with E-state index in [1.807, 2.05) is 32.9 Å². The molecule has 0 saturated heterocycles. The molecule has 0 heterocycles. The standard InChI is InChI=1S/C34H54O8S/c1-5-6-7-10-13-21-39-23-24-40-22-20-31-29(26-41-43(37,38)30-18-16-28(4)17-19-30)25-33(35)32(31)14-11-8-9-12-15-34(36)42-27(2)3/h8,11,16-19,27,29,31-32H,5-7,9-10,12-15,20-26H2,1-4H3/b11-8-/t29?,31-,32?/m0/s1. The third kappa shape index (κ3) is 15.0. The molecule has 1 aliphatic rings. The van der Waals surface area contributed by atoms with Crippen LogP contribution in [0, 0.1) is 24.7 Å². The van der Waals surface area contributed by atoms with E-state index in [9.17, 15) is 18.0 Å². The van der Waals surface area contributed by atoms with E-state index in [1.165, 1.54) is 25.7 Å². The van der Waals surface area contributed by atoms with Crippen LogP contribution in [0.5, 0.6) is 0 Å². The summed E-state index contributed by atoms with van der Waals surface area (Å²) in [6, 6.07) is 6.56. The Morgan fingerprint density at radius 2 is 1.65 bits per heavy atom. The van der Waals surface area contributed by atoms with Crippen molar-refractivity contribution >= 4 is 21.9 Å². The van der Waals surface area contributed by atoms with Gasteiger partial charge in [0.25, 0.3) is 10.1 Å². The molecular weight excluding hydrogens is 568 g/mol. The maximum atomic E-state index is 13.1. The summed E-state index contributed by atoms with van der Waals surface area (Å²) in [5.41, 5.74) is 0.962. The number of Topliss-reactive ketones (excluding diaryl/α,β-unsaturated/α-hetero) is 1. The fraction of sp³-hybridized carbons (Fsp3) is 0.706. The third-order valence-electron chi connectivity index (χ3n) is 7.78. The molecule has 0 bridgehead atoms. The summed E-state index contributed by atoms with van der Waals surface area (Å²) in [4.78, 5) is 24.9. The summed E-state index contributed by atoms with van der Waals surface area (Å²) >= 11 is 0. The van der Waals surface area contributed by atoms with Crippen LogP contribution in [0.1, 0.15) is 97.0 Å². The highest BCUT2D eigenvalue weighted by atomic mass is 32.2. The van der Waals surface area contributed by atoms with Crippen LogP contribution in [0.25, 0.3) is 0 Å². The summed E-state index contributed by atoms with van der Waals surface area (Å²) in [6.45, 7) is 9.96. The second-order valence-corrected chi connectivity index (χ2v) is 13.4. The Balaban J connectivity index is 1.88. The predicted molar refractivity (Wildman–Crippen MR) is 168 cm³/mol. The zero-order valence-corrected chi connectivity index (χ0v) is 27.6. The van der Waals surface area contributed by atoms with Gasteiger partial charge < -0.3 is 14.2 Å². The highest BCUT2D eigenvalue weighted by Gasteiger charge is 2.42. The summed E-state index contributed by atoms with van der Waals surface area (Å²) in [5.74, 6) is -0.551. The van der Waals surface area contributed by atoms with Gasteiger partial charge in [-0.15, -0.1) is 0 Å². The average molecular weight is 623 g/mol. The zero-order chi connectivity index (χ0) is 31.5. The molecular formula is C34H54O8S. The Morgan fingerprint density at radius 1 is 0.953 bits per heavy atom. The summed E-state index contributed by atoms with van der Waals surface area (Å²) in [5, 5.41) is 0. The van der Waals surface area contributed by atoms with Gasteiger partial charge in [0.1, 0.15) is 5.78 Å². The fourth-order valence-corrected chi connectivity index (χ4v) is 6.36. The molecule has 0 spiro atoms. The van der Waals surface area contributed by atoms with Gasteiger partial charge in [0.2, 0.25) is 0 Å². The van der Waals surface area contributed by atoms with E-state index < -0.39 is 10.1 Å². The number of ether oxygens (including phenoxy) is 3. The average Bonchev–Trinajstić information content (AvgIpc) is 3.26. The van der Waals surface area contributed by atoms with Crippen LogP contribution < -0.4 is 0 Å². The molecule has 2 rings (SSSR count). The number of ketones is 1. The fourth-order valence-electron chi connectivity index (χ4n) is 5.40. The highest BCUT2D eigenvalue weighted by Crippen LogP contribution is 2.39. The van der Waals surface area contributed by atoms with Crippen molar-refractivity contribution in [2.75, 3.05) is 33.0 Å². The Labute approximate surface area is 260 Å². The number of aryl methyl sites for hydroxylation is 1. The second-order valence-electron chi connectivity index (χ2n) is 11.8. The molecule has 2 unspecified atom stereocenters. The number of unbranched alkanes of at least 4 members (excludes halogenated alkanes) is 5. The number of allylic oxidation sites excluding steroid dienone is 2. The minimum absolute atomic E-state index is 0.0358. The minimum atomic E-state index is -3.92. The lowest BCUT2D eigenvalue weighted by atomic mass is 9.85. The molecule has 1 aliphatic carbocycles. The third-order valence-corrected chi connectivity index (χ3v) is 9.08. The number of hydrogen-bond donors (Lipinski definition) is 0. The monoisotopic (exact) mass is 622 g/mol. The molecule has 43 heavy (non-hydrogen) atoms. The van der Waals surface area contributed by atoms with Crippen LogP contribution in [0.3, 0.4) is 0 Å². The first-order valence-electron chi connectivity index (χ1n) is 16.1. The predicted octanol–water partition coefficient (Wildman–Crippen LogP) is 6.98. The van der Waals surface area contributed by atoms with Crippen molar-refractivity contribution in [1.82, 2.24) is 0 Å².